The van der Waals surface area contributed by atoms with Crippen LogP contribution in [0.1, 0.15) is 27.2 Å². The molecule has 0 aromatic rings. The first-order valence-electron chi connectivity index (χ1n) is 6.97. The Labute approximate surface area is 112 Å². The molecular formula is C15H20O4. The number of rotatable bonds is 0. The summed E-state index contributed by atoms with van der Waals surface area (Å²) >= 11 is 0. The predicted octanol–water partition coefficient (Wildman–Crippen LogP) is 1.33. The summed E-state index contributed by atoms with van der Waals surface area (Å²) < 4.78 is 5.52. The number of aliphatic hydroxyl groups is 1. The van der Waals surface area contributed by atoms with Crippen LogP contribution in [-0.4, -0.2) is 29.1 Å². The number of hydrogen-bond donors (Lipinski definition) is 1. The van der Waals surface area contributed by atoms with E-state index in [2.05, 4.69) is 6.92 Å². The summed E-state index contributed by atoms with van der Waals surface area (Å²) in [6.45, 7) is 5.76. The number of carbonyl (C=O) groups is 2. The second kappa shape index (κ2) is 3.92. The van der Waals surface area contributed by atoms with Gasteiger partial charge in [-0.25, -0.2) is 0 Å². The van der Waals surface area contributed by atoms with E-state index in [1.165, 1.54) is 0 Å². The summed E-state index contributed by atoms with van der Waals surface area (Å²) in [5.74, 6) is -0.491. The Bertz CT molecular complexity index is 469. The first-order chi connectivity index (χ1) is 8.86. The van der Waals surface area contributed by atoms with Crippen LogP contribution in [0.5, 0.6) is 0 Å². The van der Waals surface area contributed by atoms with Crippen molar-refractivity contribution in [3.63, 3.8) is 0 Å². The molecule has 1 aliphatic heterocycles. The summed E-state index contributed by atoms with van der Waals surface area (Å²) in [5, 5.41) is 10.4. The number of ether oxygens (including phenoxy) is 1. The standard InChI is InChI=1S/C15H20O4/c1-7-4-5-10(17)15(3)6-9(16)11-8(2)14(18)19-13(11)12(7)15/h4-5,7-9,11-13,16H,6H2,1-3H3/t7-,8+,9-,11-,12-,13-,15+/m1/s1. The number of hydrogen-bond acceptors (Lipinski definition) is 4. The molecule has 104 valence electrons. The first-order valence-corrected chi connectivity index (χ1v) is 6.97. The minimum absolute atomic E-state index is 0.0210. The minimum atomic E-state index is -0.643. The van der Waals surface area contributed by atoms with Gasteiger partial charge in [-0.2, -0.15) is 0 Å². The second-order valence-electron chi connectivity index (χ2n) is 6.56. The third kappa shape index (κ3) is 1.55. The van der Waals surface area contributed by atoms with Gasteiger partial charge in [0, 0.05) is 17.3 Å². The van der Waals surface area contributed by atoms with Crippen LogP contribution in [0.2, 0.25) is 0 Å². The quantitative estimate of drug-likeness (QED) is 0.670. The Morgan fingerprint density at radius 3 is 2.74 bits per heavy atom. The third-order valence-corrected chi connectivity index (χ3v) is 5.43. The van der Waals surface area contributed by atoms with E-state index < -0.39 is 11.5 Å². The van der Waals surface area contributed by atoms with Gasteiger partial charge in [0.2, 0.25) is 0 Å². The third-order valence-electron chi connectivity index (χ3n) is 5.43. The molecule has 0 aromatic carbocycles. The number of ketones is 1. The first kappa shape index (κ1) is 12.9. The molecule has 0 unspecified atom stereocenters. The minimum Gasteiger partial charge on any atom is -0.461 e. The highest BCUT2D eigenvalue weighted by Gasteiger charge is 2.61. The van der Waals surface area contributed by atoms with Crippen molar-refractivity contribution >= 4 is 11.8 Å². The van der Waals surface area contributed by atoms with Crippen LogP contribution in [0.3, 0.4) is 0 Å². The average molecular weight is 264 g/mol. The lowest BCUT2D eigenvalue weighted by Gasteiger charge is -2.50. The highest BCUT2D eigenvalue weighted by Crippen LogP contribution is 2.54. The molecule has 19 heavy (non-hydrogen) atoms. The molecule has 2 fully saturated rings. The zero-order chi connectivity index (χ0) is 13.9. The predicted molar refractivity (Wildman–Crippen MR) is 68.1 cm³/mol. The molecule has 0 spiro atoms. The van der Waals surface area contributed by atoms with E-state index in [9.17, 15) is 14.7 Å². The van der Waals surface area contributed by atoms with Gasteiger partial charge in [0.05, 0.1) is 12.0 Å². The maximum absolute atomic E-state index is 12.3. The molecule has 0 bridgehead atoms. The molecule has 1 N–H and O–H groups in total. The van der Waals surface area contributed by atoms with E-state index in [1.807, 2.05) is 19.9 Å². The van der Waals surface area contributed by atoms with Gasteiger partial charge in [0.25, 0.3) is 0 Å². The van der Waals surface area contributed by atoms with Crippen molar-refractivity contribution in [3.05, 3.63) is 12.2 Å². The van der Waals surface area contributed by atoms with Crippen molar-refractivity contribution in [2.45, 2.75) is 39.4 Å². The van der Waals surface area contributed by atoms with E-state index >= 15 is 0 Å². The Kier molecular flexibility index (Phi) is 2.65. The van der Waals surface area contributed by atoms with Crippen LogP contribution in [0.15, 0.2) is 12.2 Å². The van der Waals surface area contributed by atoms with Crippen LogP contribution in [0.25, 0.3) is 0 Å². The Morgan fingerprint density at radius 1 is 1.37 bits per heavy atom. The molecule has 1 saturated carbocycles. The summed E-state index contributed by atoms with van der Waals surface area (Å²) in [7, 11) is 0. The Balaban J connectivity index is 2.06. The highest BCUT2D eigenvalue weighted by molar-refractivity contribution is 5.96. The molecular weight excluding hydrogens is 244 g/mol. The molecule has 1 saturated heterocycles. The largest absolute Gasteiger partial charge is 0.461 e. The van der Waals surface area contributed by atoms with Gasteiger partial charge in [0.1, 0.15) is 6.10 Å². The monoisotopic (exact) mass is 264 g/mol. The topological polar surface area (TPSA) is 63.6 Å². The van der Waals surface area contributed by atoms with E-state index in [0.29, 0.717) is 6.42 Å². The van der Waals surface area contributed by atoms with Gasteiger partial charge in [-0.05, 0) is 18.4 Å². The lowest BCUT2D eigenvalue weighted by Crippen LogP contribution is -2.57. The summed E-state index contributed by atoms with van der Waals surface area (Å²) in [4.78, 5) is 24.1. The van der Waals surface area contributed by atoms with Gasteiger partial charge in [-0.3, -0.25) is 9.59 Å². The van der Waals surface area contributed by atoms with E-state index in [1.54, 1.807) is 6.08 Å². The number of allylic oxidation sites excluding steroid dienone is 2. The summed E-state index contributed by atoms with van der Waals surface area (Å²) in [6.07, 6.45) is 2.97. The molecule has 3 rings (SSSR count). The molecule has 2 aliphatic carbocycles. The van der Waals surface area contributed by atoms with E-state index in [4.69, 9.17) is 4.74 Å². The molecule has 0 aromatic heterocycles. The van der Waals surface area contributed by atoms with Crippen molar-refractivity contribution in [2.24, 2.45) is 29.1 Å². The fourth-order valence-corrected chi connectivity index (χ4v) is 4.39. The zero-order valence-corrected chi connectivity index (χ0v) is 11.5. The van der Waals surface area contributed by atoms with E-state index in [-0.39, 0.29) is 41.5 Å². The normalized spacial score (nSPS) is 52.6. The molecule has 3 aliphatic rings. The second-order valence-corrected chi connectivity index (χ2v) is 6.56. The van der Waals surface area contributed by atoms with Gasteiger partial charge >= 0.3 is 5.97 Å². The van der Waals surface area contributed by atoms with Crippen molar-refractivity contribution in [1.29, 1.82) is 0 Å². The maximum Gasteiger partial charge on any atom is 0.309 e. The lowest BCUT2D eigenvalue weighted by molar-refractivity contribution is -0.161. The van der Waals surface area contributed by atoms with Gasteiger partial charge in [-0.1, -0.05) is 26.8 Å². The molecule has 4 heteroatoms. The van der Waals surface area contributed by atoms with Gasteiger partial charge in [0.15, 0.2) is 5.78 Å². The fourth-order valence-electron chi connectivity index (χ4n) is 4.39. The van der Waals surface area contributed by atoms with Crippen molar-refractivity contribution < 1.29 is 19.4 Å². The van der Waals surface area contributed by atoms with Gasteiger partial charge < -0.3 is 9.84 Å². The van der Waals surface area contributed by atoms with Crippen LogP contribution in [-0.2, 0) is 14.3 Å². The summed E-state index contributed by atoms with van der Waals surface area (Å²) in [5.41, 5.74) is -0.612. The van der Waals surface area contributed by atoms with Crippen LogP contribution in [0, 0.1) is 29.1 Å². The molecule has 1 heterocycles. The molecule has 0 radical (unpaired) electrons. The maximum atomic E-state index is 12.3. The highest BCUT2D eigenvalue weighted by atomic mass is 16.6. The van der Waals surface area contributed by atoms with E-state index in [0.717, 1.165) is 0 Å². The zero-order valence-electron chi connectivity index (χ0n) is 11.5. The Morgan fingerprint density at radius 2 is 2.05 bits per heavy atom. The number of aliphatic hydroxyl groups excluding tert-OH is 1. The SMILES string of the molecule is C[C@@H]1C=CC(=O)[C@]2(C)C[C@@H](O)[C@@H]3[C@@H](OC(=O)[C@H]3C)[C@@H]12. The average Bonchev–Trinajstić information content (AvgIpc) is 2.61. The van der Waals surface area contributed by atoms with Crippen molar-refractivity contribution in [2.75, 3.05) is 0 Å². The Hall–Kier alpha value is -1.16. The van der Waals surface area contributed by atoms with Gasteiger partial charge in [-0.15, -0.1) is 0 Å². The van der Waals surface area contributed by atoms with Crippen LogP contribution < -0.4 is 0 Å². The van der Waals surface area contributed by atoms with Crippen LogP contribution >= 0.6 is 0 Å². The molecule has 4 nitrogen and oxygen atoms in total. The van der Waals surface area contributed by atoms with Crippen molar-refractivity contribution in [3.8, 4) is 0 Å². The molecule has 7 atom stereocenters. The number of fused-ring (bicyclic) bond motifs is 3. The lowest BCUT2D eigenvalue weighted by atomic mass is 9.54. The fraction of sp³-hybridized carbons (Fsp3) is 0.733. The van der Waals surface area contributed by atoms with Crippen molar-refractivity contribution in [1.82, 2.24) is 0 Å². The molecule has 0 amide bonds. The smallest absolute Gasteiger partial charge is 0.309 e. The van der Waals surface area contributed by atoms with Crippen LogP contribution in [0.4, 0.5) is 0 Å². The number of esters is 1. The summed E-state index contributed by atoms with van der Waals surface area (Å²) in [6, 6.07) is 0. The number of carbonyl (C=O) groups excluding carboxylic acids is 2.